The van der Waals surface area contributed by atoms with E-state index in [4.69, 9.17) is 16.7 Å². The summed E-state index contributed by atoms with van der Waals surface area (Å²) in [4.78, 5) is 18.4. The number of nitrogens with zero attached hydrogens (tertiary/aromatic N) is 4. The van der Waals surface area contributed by atoms with Gasteiger partial charge in [-0.3, -0.25) is 0 Å². The van der Waals surface area contributed by atoms with Gasteiger partial charge in [-0.25, -0.2) is 23.5 Å². The Kier molecular flexibility index (Phi) is 3.19. The Hall–Kier alpha value is -2.09. The number of hydrogen-bond donors (Lipinski definition) is 1. The van der Waals surface area contributed by atoms with E-state index in [1.165, 1.54) is 18.5 Å². The van der Waals surface area contributed by atoms with Crippen LogP contribution < -0.4 is 0 Å². The van der Waals surface area contributed by atoms with Crippen LogP contribution in [0.25, 0.3) is 5.95 Å². The fourth-order valence-electron chi connectivity index (χ4n) is 1.30. The number of aromatic nitrogens is 4. The zero-order chi connectivity index (χ0) is 13.3. The molecule has 0 aliphatic heterocycles. The van der Waals surface area contributed by atoms with E-state index in [-0.39, 0.29) is 5.95 Å². The van der Waals surface area contributed by atoms with E-state index < -0.39 is 28.8 Å². The highest BCUT2D eigenvalue weighted by Gasteiger charge is 2.29. The average molecular weight is 275 g/mol. The molecule has 0 aliphatic rings. The van der Waals surface area contributed by atoms with Crippen molar-refractivity contribution in [1.29, 1.82) is 0 Å². The summed E-state index contributed by atoms with van der Waals surface area (Å²) in [6.07, 6.45) is -0.357. The van der Waals surface area contributed by atoms with Gasteiger partial charge >= 0.3 is 5.97 Å². The summed E-state index contributed by atoms with van der Waals surface area (Å²) in [7, 11) is 0. The van der Waals surface area contributed by atoms with Crippen LogP contribution in [-0.2, 0) is 0 Å². The van der Waals surface area contributed by atoms with Crippen LogP contribution in [0.4, 0.5) is 8.78 Å². The maximum Gasteiger partial charge on any atom is 0.341 e. The van der Waals surface area contributed by atoms with Gasteiger partial charge < -0.3 is 5.11 Å². The molecule has 6 nitrogen and oxygen atoms in total. The first-order chi connectivity index (χ1) is 8.52. The van der Waals surface area contributed by atoms with Crippen LogP contribution in [0.2, 0.25) is 5.15 Å². The molecule has 0 atom stereocenters. The molecule has 18 heavy (non-hydrogen) atoms. The van der Waals surface area contributed by atoms with Crippen LogP contribution in [0.15, 0.2) is 18.5 Å². The van der Waals surface area contributed by atoms with E-state index in [0.29, 0.717) is 0 Å². The molecule has 9 heteroatoms. The van der Waals surface area contributed by atoms with Crippen LogP contribution in [0.1, 0.15) is 22.5 Å². The van der Waals surface area contributed by atoms with Crippen molar-refractivity contribution in [1.82, 2.24) is 19.7 Å². The lowest BCUT2D eigenvalue weighted by molar-refractivity contribution is 0.0684. The van der Waals surface area contributed by atoms with Gasteiger partial charge in [0.25, 0.3) is 12.4 Å². The van der Waals surface area contributed by atoms with Gasteiger partial charge in [0, 0.05) is 12.4 Å². The van der Waals surface area contributed by atoms with Gasteiger partial charge in [0.2, 0.25) is 0 Å². The molecule has 0 fully saturated rings. The summed E-state index contributed by atoms with van der Waals surface area (Å²) >= 11 is 5.71. The van der Waals surface area contributed by atoms with Gasteiger partial charge in [0.05, 0.1) is 0 Å². The summed E-state index contributed by atoms with van der Waals surface area (Å²) in [5.41, 5.74) is -1.67. The van der Waals surface area contributed by atoms with Crippen LogP contribution in [0.3, 0.4) is 0 Å². The van der Waals surface area contributed by atoms with E-state index in [9.17, 15) is 13.6 Å². The van der Waals surface area contributed by atoms with Crippen molar-refractivity contribution < 1.29 is 18.7 Å². The molecule has 2 aromatic heterocycles. The lowest BCUT2D eigenvalue weighted by Gasteiger charge is -1.98. The van der Waals surface area contributed by atoms with Gasteiger partial charge in [0.1, 0.15) is 11.3 Å². The summed E-state index contributed by atoms with van der Waals surface area (Å²) in [6, 6.07) is 1.51. The highest BCUT2D eigenvalue weighted by molar-refractivity contribution is 6.32. The molecule has 0 amide bonds. The molecule has 2 rings (SSSR count). The van der Waals surface area contributed by atoms with Gasteiger partial charge in [-0.05, 0) is 6.07 Å². The molecule has 0 spiro atoms. The third-order valence-corrected chi connectivity index (χ3v) is 2.37. The second kappa shape index (κ2) is 4.65. The van der Waals surface area contributed by atoms with E-state index in [1.807, 2.05) is 0 Å². The lowest BCUT2D eigenvalue weighted by Crippen LogP contribution is -2.03. The molecular formula is C9H5ClF2N4O2. The standard InChI is InChI=1S/C9H5ClF2N4O2/c10-6-4(8(17)18)5(7(11)12)15-16(6)9-13-2-1-3-14-9/h1-3,7H,(H,17,18). The van der Waals surface area contributed by atoms with E-state index >= 15 is 0 Å². The number of carboxylic acids is 1. The molecular weight excluding hydrogens is 270 g/mol. The molecule has 0 saturated heterocycles. The quantitative estimate of drug-likeness (QED) is 0.925. The van der Waals surface area contributed by atoms with Crippen LogP contribution in [-0.4, -0.2) is 30.8 Å². The predicted molar refractivity (Wildman–Crippen MR) is 56.1 cm³/mol. The van der Waals surface area contributed by atoms with Crippen molar-refractivity contribution >= 4 is 17.6 Å². The van der Waals surface area contributed by atoms with Crippen molar-refractivity contribution in [3.05, 3.63) is 34.9 Å². The van der Waals surface area contributed by atoms with Gasteiger partial charge in [0.15, 0.2) is 5.15 Å². The van der Waals surface area contributed by atoms with Gasteiger partial charge in [-0.15, -0.1) is 0 Å². The predicted octanol–water partition coefficient (Wildman–Crippen LogP) is 1.95. The molecule has 0 saturated carbocycles. The Morgan fingerprint density at radius 1 is 1.39 bits per heavy atom. The minimum absolute atomic E-state index is 0.0862. The third-order valence-electron chi connectivity index (χ3n) is 2.02. The number of halogens is 3. The van der Waals surface area contributed by atoms with E-state index in [1.54, 1.807) is 0 Å². The van der Waals surface area contributed by atoms with Gasteiger partial charge in [-0.2, -0.15) is 9.78 Å². The normalized spacial score (nSPS) is 10.9. The molecule has 0 aromatic carbocycles. The number of alkyl halides is 2. The zero-order valence-electron chi connectivity index (χ0n) is 8.59. The molecule has 0 aliphatic carbocycles. The first kappa shape index (κ1) is 12.4. The van der Waals surface area contributed by atoms with Gasteiger partial charge in [-0.1, -0.05) is 11.6 Å². The van der Waals surface area contributed by atoms with Crippen LogP contribution in [0, 0.1) is 0 Å². The molecule has 1 N–H and O–H groups in total. The molecule has 2 heterocycles. The van der Waals surface area contributed by atoms with Crippen LogP contribution in [0.5, 0.6) is 0 Å². The fourth-order valence-corrected chi connectivity index (χ4v) is 1.59. The molecule has 0 radical (unpaired) electrons. The van der Waals surface area contributed by atoms with Crippen molar-refractivity contribution in [2.45, 2.75) is 6.43 Å². The highest BCUT2D eigenvalue weighted by Crippen LogP contribution is 2.28. The number of hydrogen-bond acceptors (Lipinski definition) is 4. The number of aromatic carboxylic acids is 1. The maximum absolute atomic E-state index is 12.7. The summed E-state index contributed by atoms with van der Waals surface area (Å²) in [5, 5.41) is 11.8. The Labute approximate surface area is 104 Å². The number of rotatable bonds is 3. The van der Waals surface area contributed by atoms with Crippen molar-refractivity contribution in [2.75, 3.05) is 0 Å². The second-order valence-corrected chi connectivity index (χ2v) is 3.48. The minimum Gasteiger partial charge on any atom is -0.478 e. The van der Waals surface area contributed by atoms with E-state index in [2.05, 4.69) is 15.1 Å². The maximum atomic E-state index is 12.7. The topological polar surface area (TPSA) is 80.9 Å². The molecule has 0 unspecified atom stereocenters. The summed E-state index contributed by atoms with van der Waals surface area (Å²) in [5.74, 6) is -1.67. The molecule has 94 valence electrons. The molecule has 2 aromatic rings. The smallest absolute Gasteiger partial charge is 0.341 e. The van der Waals surface area contributed by atoms with Crippen molar-refractivity contribution in [3.8, 4) is 5.95 Å². The average Bonchev–Trinajstić information content (AvgIpc) is 2.68. The summed E-state index contributed by atoms with van der Waals surface area (Å²) < 4.78 is 26.1. The van der Waals surface area contributed by atoms with Crippen molar-refractivity contribution in [2.24, 2.45) is 0 Å². The first-order valence-electron chi connectivity index (χ1n) is 4.59. The fraction of sp³-hybridized carbons (Fsp3) is 0.111. The van der Waals surface area contributed by atoms with E-state index in [0.717, 1.165) is 4.68 Å². The Morgan fingerprint density at radius 2 is 2.00 bits per heavy atom. The number of carboxylic acid groups (broad SMARTS) is 1. The highest BCUT2D eigenvalue weighted by atomic mass is 35.5. The SMILES string of the molecule is O=C(O)c1c(C(F)F)nn(-c2ncccn2)c1Cl. The second-order valence-electron chi connectivity index (χ2n) is 3.12. The zero-order valence-corrected chi connectivity index (χ0v) is 9.34. The Morgan fingerprint density at radius 3 is 2.44 bits per heavy atom. The third kappa shape index (κ3) is 2.02. The monoisotopic (exact) mass is 274 g/mol. The first-order valence-corrected chi connectivity index (χ1v) is 4.97. The largest absolute Gasteiger partial charge is 0.478 e. The van der Waals surface area contributed by atoms with Crippen LogP contribution >= 0.6 is 11.6 Å². The molecule has 0 bridgehead atoms. The number of carbonyl (C=O) groups is 1. The minimum atomic E-state index is -3.06. The Bertz CT molecular complexity index is 588. The summed E-state index contributed by atoms with van der Waals surface area (Å²) in [6.45, 7) is 0. The van der Waals surface area contributed by atoms with Crippen molar-refractivity contribution in [3.63, 3.8) is 0 Å². The lowest BCUT2D eigenvalue weighted by atomic mass is 10.2. The Balaban J connectivity index is 2.64.